The maximum atomic E-state index is 13.9. The predicted molar refractivity (Wildman–Crippen MR) is 158 cm³/mol. The highest BCUT2D eigenvalue weighted by atomic mass is 16.5. The van der Waals surface area contributed by atoms with Gasteiger partial charge in [0.1, 0.15) is 12.4 Å². The fraction of sp³-hybridized carbons (Fsp3) is 0.324. The molecule has 1 atom stereocenters. The zero-order valence-corrected chi connectivity index (χ0v) is 23.0. The zero-order valence-electron chi connectivity index (χ0n) is 23.0. The Morgan fingerprint density at radius 2 is 1.47 bits per heavy atom. The van der Waals surface area contributed by atoms with E-state index in [1.807, 2.05) is 65.6 Å². The van der Waals surface area contributed by atoms with Gasteiger partial charge in [0.2, 0.25) is 0 Å². The van der Waals surface area contributed by atoms with Crippen molar-refractivity contribution in [2.75, 3.05) is 19.6 Å². The van der Waals surface area contributed by atoms with E-state index in [1.165, 1.54) is 0 Å². The Hall–Kier alpha value is -3.63. The highest BCUT2D eigenvalue weighted by Crippen LogP contribution is 2.22. The lowest BCUT2D eigenvalue weighted by Crippen LogP contribution is -2.38. The van der Waals surface area contributed by atoms with Crippen LogP contribution in [0.3, 0.4) is 0 Å². The largest absolute Gasteiger partial charge is 0.489 e. The minimum atomic E-state index is 0.0792. The van der Waals surface area contributed by atoms with Gasteiger partial charge in [0.15, 0.2) is 0 Å². The minimum Gasteiger partial charge on any atom is -0.489 e. The molecule has 0 fully saturated rings. The Balaban J connectivity index is 1.48. The van der Waals surface area contributed by atoms with Crippen molar-refractivity contribution in [1.29, 1.82) is 0 Å². The standard InChI is InChI=1S/C34H40N2O2/c1-4-35(5-2)23-11-12-27(3)36(34(37)32-20-19-30-15-9-10-16-31(30)24-32)25-28-17-21-33(22-18-28)38-26-29-13-7-6-8-14-29/h6-10,13-22,24,27H,4-5,11-12,23,25-26H2,1-3H3. The van der Waals surface area contributed by atoms with Crippen molar-refractivity contribution in [3.8, 4) is 5.75 Å². The maximum absolute atomic E-state index is 13.9. The first-order valence-corrected chi connectivity index (χ1v) is 13.8. The van der Waals surface area contributed by atoms with Crippen LogP contribution in [0.4, 0.5) is 0 Å². The fourth-order valence-electron chi connectivity index (χ4n) is 4.85. The summed E-state index contributed by atoms with van der Waals surface area (Å²) in [5.74, 6) is 0.910. The van der Waals surface area contributed by atoms with Crippen LogP contribution in [0, 0.1) is 0 Å². The van der Waals surface area contributed by atoms with E-state index in [4.69, 9.17) is 4.74 Å². The average molecular weight is 509 g/mol. The van der Waals surface area contributed by atoms with Gasteiger partial charge in [-0.3, -0.25) is 4.79 Å². The maximum Gasteiger partial charge on any atom is 0.254 e. The van der Waals surface area contributed by atoms with Crippen LogP contribution in [-0.4, -0.2) is 41.4 Å². The Labute approximate surface area is 227 Å². The van der Waals surface area contributed by atoms with E-state index in [0.29, 0.717) is 13.2 Å². The number of carbonyl (C=O) groups excluding carboxylic acids is 1. The van der Waals surface area contributed by atoms with Crippen molar-refractivity contribution < 1.29 is 9.53 Å². The molecule has 38 heavy (non-hydrogen) atoms. The first kappa shape index (κ1) is 27.4. The lowest BCUT2D eigenvalue weighted by Gasteiger charge is -2.30. The second kappa shape index (κ2) is 13.8. The summed E-state index contributed by atoms with van der Waals surface area (Å²) in [6, 6.07) is 32.7. The first-order chi connectivity index (χ1) is 18.6. The van der Waals surface area contributed by atoms with Crippen molar-refractivity contribution in [1.82, 2.24) is 9.80 Å². The Morgan fingerprint density at radius 1 is 0.789 bits per heavy atom. The molecule has 4 aromatic rings. The zero-order chi connectivity index (χ0) is 26.7. The normalized spacial score (nSPS) is 12.0. The molecular weight excluding hydrogens is 468 g/mol. The quantitative estimate of drug-likeness (QED) is 0.187. The van der Waals surface area contributed by atoms with E-state index < -0.39 is 0 Å². The van der Waals surface area contributed by atoms with Crippen LogP contribution in [0.5, 0.6) is 5.75 Å². The SMILES string of the molecule is CCN(CC)CCCC(C)N(Cc1ccc(OCc2ccccc2)cc1)C(=O)c1ccc2ccccc2c1. The number of nitrogens with zero attached hydrogens (tertiary/aromatic N) is 2. The minimum absolute atomic E-state index is 0.0792. The van der Waals surface area contributed by atoms with Crippen molar-refractivity contribution in [3.05, 3.63) is 114 Å². The molecule has 0 saturated heterocycles. The summed E-state index contributed by atoms with van der Waals surface area (Å²) in [5.41, 5.74) is 2.98. The highest BCUT2D eigenvalue weighted by Gasteiger charge is 2.22. The van der Waals surface area contributed by atoms with E-state index in [-0.39, 0.29) is 11.9 Å². The molecule has 0 saturated carbocycles. The molecule has 4 rings (SSSR count). The van der Waals surface area contributed by atoms with Gasteiger partial charge in [-0.15, -0.1) is 0 Å². The molecule has 0 aliphatic heterocycles. The third kappa shape index (κ3) is 7.45. The van der Waals surface area contributed by atoms with Gasteiger partial charge in [-0.25, -0.2) is 0 Å². The van der Waals surface area contributed by atoms with E-state index >= 15 is 0 Å². The molecule has 4 heteroatoms. The first-order valence-electron chi connectivity index (χ1n) is 13.8. The third-order valence-electron chi connectivity index (χ3n) is 7.30. The number of hydrogen-bond acceptors (Lipinski definition) is 3. The Kier molecular flexibility index (Phi) is 9.94. The molecule has 198 valence electrons. The molecule has 0 bridgehead atoms. The number of hydrogen-bond donors (Lipinski definition) is 0. The van der Waals surface area contributed by atoms with Crippen LogP contribution in [0.15, 0.2) is 97.1 Å². The van der Waals surface area contributed by atoms with Crippen LogP contribution in [0.2, 0.25) is 0 Å². The van der Waals surface area contributed by atoms with Gasteiger partial charge < -0.3 is 14.5 Å². The number of rotatable bonds is 13. The van der Waals surface area contributed by atoms with E-state index in [0.717, 1.165) is 65.7 Å². The van der Waals surface area contributed by atoms with Gasteiger partial charge in [0.25, 0.3) is 5.91 Å². The van der Waals surface area contributed by atoms with Crippen LogP contribution < -0.4 is 4.74 Å². The van der Waals surface area contributed by atoms with Gasteiger partial charge >= 0.3 is 0 Å². The molecule has 0 spiro atoms. The van der Waals surface area contributed by atoms with Gasteiger partial charge in [0.05, 0.1) is 0 Å². The molecule has 0 aliphatic rings. The number of carbonyl (C=O) groups is 1. The van der Waals surface area contributed by atoms with Gasteiger partial charge in [-0.05, 0) is 85.6 Å². The molecule has 1 unspecified atom stereocenters. The second-order valence-electron chi connectivity index (χ2n) is 9.93. The van der Waals surface area contributed by atoms with Crippen molar-refractivity contribution in [2.24, 2.45) is 0 Å². The Bertz CT molecular complexity index is 1280. The van der Waals surface area contributed by atoms with E-state index in [9.17, 15) is 4.79 Å². The van der Waals surface area contributed by atoms with Crippen molar-refractivity contribution >= 4 is 16.7 Å². The lowest BCUT2D eigenvalue weighted by atomic mass is 10.0. The number of fused-ring (bicyclic) bond motifs is 1. The molecular formula is C34H40N2O2. The van der Waals surface area contributed by atoms with Crippen LogP contribution in [0.1, 0.15) is 55.1 Å². The molecule has 1 amide bonds. The number of benzene rings is 4. The van der Waals surface area contributed by atoms with E-state index in [2.05, 4.69) is 62.1 Å². The molecule has 4 aromatic carbocycles. The summed E-state index contributed by atoms with van der Waals surface area (Å²) in [6.45, 7) is 10.9. The topological polar surface area (TPSA) is 32.8 Å². The fourth-order valence-corrected chi connectivity index (χ4v) is 4.85. The summed E-state index contributed by atoms with van der Waals surface area (Å²) < 4.78 is 5.97. The lowest BCUT2D eigenvalue weighted by molar-refractivity contribution is 0.0662. The second-order valence-corrected chi connectivity index (χ2v) is 9.93. The number of amides is 1. The summed E-state index contributed by atoms with van der Waals surface area (Å²) in [6.07, 6.45) is 2.03. The molecule has 0 N–H and O–H groups in total. The van der Waals surface area contributed by atoms with Crippen LogP contribution in [-0.2, 0) is 13.2 Å². The molecule has 0 aromatic heterocycles. The van der Waals surface area contributed by atoms with Gasteiger partial charge in [0, 0.05) is 18.2 Å². The monoisotopic (exact) mass is 508 g/mol. The van der Waals surface area contributed by atoms with Gasteiger partial charge in [-0.1, -0.05) is 86.6 Å². The third-order valence-corrected chi connectivity index (χ3v) is 7.30. The molecule has 0 radical (unpaired) electrons. The van der Waals surface area contributed by atoms with Crippen molar-refractivity contribution in [2.45, 2.75) is 52.8 Å². The number of ether oxygens (including phenoxy) is 1. The highest BCUT2D eigenvalue weighted by molar-refractivity contribution is 5.98. The van der Waals surface area contributed by atoms with E-state index in [1.54, 1.807) is 0 Å². The summed E-state index contributed by atoms with van der Waals surface area (Å²) in [4.78, 5) is 18.3. The van der Waals surface area contributed by atoms with Crippen molar-refractivity contribution in [3.63, 3.8) is 0 Å². The summed E-state index contributed by atoms with van der Waals surface area (Å²) in [5, 5.41) is 2.24. The predicted octanol–water partition coefficient (Wildman–Crippen LogP) is 7.57. The average Bonchev–Trinajstić information content (AvgIpc) is 2.97. The van der Waals surface area contributed by atoms with Crippen LogP contribution >= 0.6 is 0 Å². The molecule has 0 heterocycles. The molecule has 4 nitrogen and oxygen atoms in total. The molecule has 0 aliphatic carbocycles. The smallest absolute Gasteiger partial charge is 0.254 e. The van der Waals surface area contributed by atoms with Crippen LogP contribution in [0.25, 0.3) is 10.8 Å². The Morgan fingerprint density at radius 3 is 2.18 bits per heavy atom. The summed E-state index contributed by atoms with van der Waals surface area (Å²) >= 11 is 0. The summed E-state index contributed by atoms with van der Waals surface area (Å²) in [7, 11) is 0. The van der Waals surface area contributed by atoms with Gasteiger partial charge in [-0.2, -0.15) is 0 Å².